The summed E-state index contributed by atoms with van der Waals surface area (Å²) in [5.41, 5.74) is 1.24. The van der Waals surface area contributed by atoms with Crippen LogP contribution in [-0.4, -0.2) is 11.5 Å². The third kappa shape index (κ3) is 3.56. The number of nitrogens with one attached hydrogen (secondary N) is 1. The molecule has 0 saturated heterocycles. The SMILES string of the molecule is CCCNC(c1csc(C)n1)C(CC)CC. The Balaban J connectivity index is 2.77. The first-order chi connectivity index (χ1) is 7.72. The van der Waals surface area contributed by atoms with E-state index in [2.05, 4.69) is 43.4 Å². The number of thiazole rings is 1. The normalized spacial score (nSPS) is 13.3. The summed E-state index contributed by atoms with van der Waals surface area (Å²) in [6.45, 7) is 9.92. The zero-order valence-corrected chi connectivity index (χ0v) is 11.7. The highest BCUT2D eigenvalue weighted by Crippen LogP contribution is 2.28. The number of rotatable bonds is 7. The maximum absolute atomic E-state index is 4.64. The fraction of sp³-hybridized carbons (Fsp3) is 0.769. The van der Waals surface area contributed by atoms with Crippen molar-refractivity contribution in [1.82, 2.24) is 10.3 Å². The molecule has 0 radical (unpaired) electrons. The van der Waals surface area contributed by atoms with Crippen LogP contribution in [0.15, 0.2) is 5.38 Å². The zero-order chi connectivity index (χ0) is 12.0. The van der Waals surface area contributed by atoms with E-state index in [-0.39, 0.29) is 0 Å². The van der Waals surface area contributed by atoms with Gasteiger partial charge in [0.25, 0.3) is 0 Å². The lowest BCUT2D eigenvalue weighted by Gasteiger charge is -2.25. The number of hydrogen-bond donors (Lipinski definition) is 1. The Labute approximate surface area is 103 Å². The molecular weight excluding hydrogens is 216 g/mol. The summed E-state index contributed by atoms with van der Waals surface area (Å²) in [6.07, 6.45) is 3.61. The topological polar surface area (TPSA) is 24.9 Å². The van der Waals surface area contributed by atoms with Gasteiger partial charge in [-0.1, -0.05) is 33.6 Å². The van der Waals surface area contributed by atoms with Crippen LogP contribution in [0.1, 0.15) is 56.8 Å². The van der Waals surface area contributed by atoms with E-state index in [4.69, 9.17) is 0 Å². The molecule has 3 heteroatoms. The molecule has 0 bridgehead atoms. The van der Waals surface area contributed by atoms with Gasteiger partial charge in [0.05, 0.1) is 16.7 Å². The standard InChI is InChI=1S/C13H24N2S/c1-5-8-14-13(11(6-2)7-3)12-9-16-10(4)15-12/h9,11,13-14H,5-8H2,1-4H3. The van der Waals surface area contributed by atoms with Crippen LogP contribution in [0.4, 0.5) is 0 Å². The van der Waals surface area contributed by atoms with Crippen molar-refractivity contribution in [2.24, 2.45) is 5.92 Å². The van der Waals surface area contributed by atoms with Gasteiger partial charge in [-0.3, -0.25) is 0 Å². The minimum absolute atomic E-state index is 0.444. The van der Waals surface area contributed by atoms with Crippen LogP contribution in [0.3, 0.4) is 0 Å². The van der Waals surface area contributed by atoms with E-state index in [1.165, 1.54) is 30.0 Å². The smallest absolute Gasteiger partial charge is 0.0898 e. The van der Waals surface area contributed by atoms with Crippen LogP contribution >= 0.6 is 11.3 Å². The fourth-order valence-corrected chi connectivity index (χ4v) is 2.74. The first-order valence-electron chi connectivity index (χ1n) is 6.38. The minimum atomic E-state index is 0.444. The van der Waals surface area contributed by atoms with Crippen LogP contribution in [0, 0.1) is 12.8 Å². The molecule has 0 aromatic carbocycles. The van der Waals surface area contributed by atoms with Crippen molar-refractivity contribution in [3.05, 3.63) is 16.1 Å². The van der Waals surface area contributed by atoms with Crippen LogP contribution in [-0.2, 0) is 0 Å². The molecule has 1 atom stereocenters. The largest absolute Gasteiger partial charge is 0.308 e. The van der Waals surface area contributed by atoms with Crippen LogP contribution < -0.4 is 5.32 Å². The summed E-state index contributed by atoms with van der Waals surface area (Å²) < 4.78 is 0. The molecule has 0 aliphatic carbocycles. The van der Waals surface area contributed by atoms with Gasteiger partial charge in [0.15, 0.2) is 0 Å². The molecular formula is C13H24N2S. The van der Waals surface area contributed by atoms with Crippen LogP contribution in [0.5, 0.6) is 0 Å². The summed E-state index contributed by atoms with van der Waals surface area (Å²) in [4.78, 5) is 4.64. The lowest BCUT2D eigenvalue weighted by atomic mass is 9.92. The Morgan fingerprint density at radius 3 is 2.44 bits per heavy atom. The monoisotopic (exact) mass is 240 g/mol. The second-order valence-electron chi connectivity index (χ2n) is 4.30. The maximum atomic E-state index is 4.64. The molecule has 1 N–H and O–H groups in total. The highest BCUT2D eigenvalue weighted by atomic mass is 32.1. The second kappa shape index (κ2) is 7.02. The van der Waals surface area contributed by atoms with Crippen LogP contribution in [0.2, 0.25) is 0 Å². The molecule has 1 rings (SSSR count). The predicted molar refractivity (Wildman–Crippen MR) is 72.0 cm³/mol. The zero-order valence-electron chi connectivity index (χ0n) is 10.9. The molecule has 1 aromatic rings. The van der Waals surface area contributed by atoms with Crippen LogP contribution in [0.25, 0.3) is 0 Å². The molecule has 92 valence electrons. The van der Waals surface area contributed by atoms with Crippen molar-refractivity contribution < 1.29 is 0 Å². The Morgan fingerprint density at radius 2 is 2.00 bits per heavy atom. The Bertz CT molecular complexity index is 292. The van der Waals surface area contributed by atoms with Gasteiger partial charge in [-0.25, -0.2) is 4.98 Å². The van der Waals surface area contributed by atoms with E-state index in [1.807, 2.05) is 0 Å². The first kappa shape index (κ1) is 13.7. The molecule has 0 aliphatic rings. The van der Waals surface area contributed by atoms with E-state index in [0.29, 0.717) is 12.0 Å². The third-order valence-electron chi connectivity index (χ3n) is 3.09. The number of aryl methyl sites for hydroxylation is 1. The summed E-state index contributed by atoms with van der Waals surface area (Å²) in [7, 11) is 0. The summed E-state index contributed by atoms with van der Waals surface area (Å²) in [6, 6.07) is 0.444. The van der Waals surface area contributed by atoms with Gasteiger partial charge < -0.3 is 5.32 Å². The quantitative estimate of drug-likeness (QED) is 0.781. The van der Waals surface area contributed by atoms with Crippen molar-refractivity contribution in [3.8, 4) is 0 Å². The third-order valence-corrected chi connectivity index (χ3v) is 3.88. The minimum Gasteiger partial charge on any atom is -0.308 e. The second-order valence-corrected chi connectivity index (χ2v) is 5.36. The summed E-state index contributed by atoms with van der Waals surface area (Å²) >= 11 is 1.75. The summed E-state index contributed by atoms with van der Waals surface area (Å²) in [5.74, 6) is 0.702. The Morgan fingerprint density at radius 1 is 1.31 bits per heavy atom. The van der Waals surface area contributed by atoms with Crippen molar-refractivity contribution in [2.45, 2.75) is 53.0 Å². The highest BCUT2D eigenvalue weighted by molar-refractivity contribution is 7.09. The van der Waals surface area contributed by atoms with Gasteiger partial charge in [0.2, 0.25) is 0 Å². The molecule has 2 nitrogen and oxygen atoms in total. The molecule has 1 aromatic heterocycles. The molecule has 0 saturated carbocycles. The Kier molecular flexibility index (Phi) is 5.99. The average Bonchev–Trinajstić information content (AvgIpc) is 2.71. The molecule has 1 heterocycles. The van der Waals surface area contributed by atoms with E-state index < -0.39 is 0 Å². The number of aromatic nitrogens is 1. The number of nitrogens with zero attached hydrogens (tertiary/aromatic N) is 1. The fourth-order valence-electron chi connectivity index (χ4n) is 2.10. The van der Waals surface area contributed by atoms with Gasteiger partial charge in [-0.15, -0.1) is 11.3 Å². The van der Waals surface area contributed by atoms with Gasteiger partial charge in [-0.05, 0) is 25.8 Å². The van der Waals surface area contributed by atoms with Crippen molar-refractivity contribution >= 4 is 11.3 Å². The predicted octanol–water partition coefficient (Wildman–Crippen LogP) is 3.93. The van der Waals surface area contributed by atoms with Crippen molar-refractivity contribution in [3.63, 3.8) is 0 Å². The van der Waals surface area contributed by atoms with E-state index in [9.17, 15) is 0 Å². The number of hydrogen-bond acceptors (Lipinski definition) is 3. The van der Waals surface area contributed by atoms with E-state index in [0.717, 1.165) is 6.54 Å². The molecule has 0 aliphatic heterocycles. The van der Waals surface area contributed by atoms with Gasteiger partial charge in [0.1, 0.15) is 0 Å². The maximum Gasteiger partial charge on any atom is 0.0898 e. The summed E-state index contributed by atoms with van der Waals surface area (Å²) in [5, 5.41) is 7.03. The first-order valence-corrected chi connectivity index (χ1v) is 7.26. The lowest BCUT2D eigenvalue weighted by molar-refractivity contribution is 0.336. The molecule has 0 spiro atoms. The van der Waals surface area contributed by atoms with Gasteiger partial charge >= 0.3 is 0 Å². The van der Waals surface area contributed by atoms with Crippen molar-refractivity contribution in [1.29, 1.82) is 0 Å². The van der Waals surface area contributed by atoms with E-state index in [1.54, 1.807) is 11.3 Å². The van der Waals surface area contributed by atoms with E-state index >= 15 is 0 Å². The molecule has 0 fully saturated rings. The molecule has 1 unspecified atom stereocenters. The van der Waals surface area contributed by atoms with Gasteiger partial charge in [-0.2, -0.15) is 0 Å². The van der Waals surface area contributed by atoms with Gasteiger partial charge in [0, 0.05) is 5.38 Å². The molecule has 0 amide bonds. The lowest BCUT2D eigenvalue weighted by Crippen LogP contribution is -2.28. The Hall–Kier alpha value is -0.410. The highest BCUT2D eigenvalue weighted by Gasteiger charge is 2.21. The van der Waals surface area contributed by atoms with Crippen molar-refractivity contribution in [2.75, 3.05) is 6.54 Å². The molecule has 16 heavy (non-hydrogen) atoms. The average molecular weight is 240 g/mol.